The van der Waals surface area contributed by atoms with E-state index in [9.17, 15) is 9.59 Å². The molecular formula is C19H21NO4. The topological polar surface area (TPSA) is 59.8 Å². The second-order valence-corrected chi connectivity index (χ2v) is 5.76. The Labute approximate surface area is 141 Å². The van der Waals surface area contributed by atoms with E-state index in [1.807, 2.05) is 32.0 Å². The van der Waals surface area contributed by atoms with Gasteiger partial charge >= 0.3 is 5.97 Å². The lowest BCUT2D eigenvalue weighted by molar-refractivity contribution is -0.139. The number of nitrogens with zero attached hydrogens (tertiary/aromatic N) is 1. The molecule has 3 rings (SSSR count). The number of carbonyl (C=O) groups excluding carboxylic acids is 2. The number of amides is 1. The lowest BCUT2D eigenvalue weighted by Crippen LogP contribution is -2.44. The van der Waals surface area contributed by atoms with Gasteiger partial charge in [0.2, 0.25) is 0 Å². The van der Waals surface area contributed by atoms with E-state index in [1.54, 1.807) is 17.0 Å². The number of benzene rings is 1. The molecule has 1 fully saturated rings. The molecule has 0 aliphatic carbocycles. The highest BCUT2D eigenvalue weighted by Crippen LogP contribution is 2.32. The molecule has 0 N–H and O–H groups in total. The van der Waals surface area contributed by atoms with Gasteiger partial charge in [-0.25, -0.2) is 4.79 Å². The van der Waals surface area contributed by atoms with Gasteiger partial charge in [0.25, 0.3) is 5.91 Å². The minimum Gasteiger partial charge on any atom is -0.464 e. The van der Waals surface area contributed by atoms with Crippen LogP contribution in [0.4, 0.5) is 5.69 Å². The maximum atomic E-state index is 13.1. The van der Waals surface area contributed by atoms with E-state index < -0.39 is 6.04 Å². The molecule has 1 aromatic carbocycles. The second-order valence-electron chi connectivity index (χ2n) is 5.76. The quantitative estimate of drug-likeness (QED) is 0.790. The van der Waals surface area contributed by atoms with Crippen LogP contribution in [0, 0.1) is 0 Å². The molecule has 1 amide bonds. The van der Waals surface area contributed by atoms with E-state index >= 15 is 0 Å². The number of rotatable bonds is 5. The Bertz CT molecular complexity index is 714. The average Bonchev–Trinajstić information content (AvgIpc) is 3.27. The maximum Gasteiger partial charge on any atom is 0.329 e. The predicted molar refractivity (Wildman–Crippen MR) is 90.1 cm³/mol. The fraction of sp³-hybridized carbons (Fsp3) is 0.368. The van der Waals surface area contributed by atoms with Crippen molar-refractivity contribution in [2.75, 3.05) is 11.5 Å². The molecule has 1 aromatic heterocycles. The largest absolute Gasteiger partial charge is 0.464 e. The number of aryl methyl sites for hydroxylation is 2. The molecule has 1 aliphatic rings. The molecule has 1 aliphatic heterocycles. The Morgan fingerprint density at radius 3 is 2.38 bits per heavy atom. The molecular weight excluding hydrogens is 306 g/mol. The highest BCUT2D eigenvalue weighted by Gasteiger charge is 2.39. The van der Waals surface area contributed by atoms with Crippen molar-refractivity contribution in [1.82, 2.24) is 0 Å². The third kappa shape index (κ3) is 2.82. The molecule has 126 valence electrons. The van der Waals surface area contributed by atoms with Gasteiger partial charge in [-0.3, -0.25) is 9.69 Å². The van der Waals surface area contributed by atoms with Crippen molar-refractivity contribution in [1.29, 1.82) is 0 Å². The number of esters is 1. The van der Waals surface area contributed by atoms with Crippen molar-refractivity contribution in [2.45, 2.75) is 39.2 Å². The molecule has 1 saturated heterocycles. The van der Waals surface area contributed by atoms with Crippen LogP contribution >= 0.6 is 0 Å². The first kappa shape index (κ1) is 16.3. The van der Waals surface area contributed by atoms with Gasteiger partial charge in [0.1, 0.15) is 6.04 Å². The Morgan fingerprint density at radius 1 is 1.17 bits per heavy atom. The number of hydrogen-bond donors (Lipinski definition) is 0. The number of ether oxygens (including phenoxy) is 1. The molecule has 1 unspecified atom stereocenters. The number of furan rings is 1. The van der Waals surface area contributed by atoms with Crippen molar-refractivity contribution < 1.29 is 18.7 Å². The van der Waals surface area contributed by atoms with E-state index in [0.29, 0.717) is 13.0 Å². The number of anilines is 1. The fourth-order valence-electron chi connectivity index (χ4n) is 3.16. The number of hydrogen-bond acceptors (Lipinski definition) is 4. The zero-order valence-corrected chi connectivity index (χ0v) is 14.0. The molecule has 5 heteroatoms. The third-order valence-electron chi connectivity index (χ3n) is 4.38. The molecule has 24 heavy (non-hydrogen) atoms. The van der Waals surface area contributed by atoms with Gasteiger partial charge < -0.3 is 9.15 Å². The highest BCUT2D eigenvalue weighted by molar-refractivity contribution is 6.09. The molecule has 2 heterocycles. The SMILES string of the molecule is CCc1cccc(CC)c1N(C(=O)c1ccco1)C1CCOC1=O. The summed E-state index contributed by atoms with van der Waals surface area (Å²) in [6.45, 7) is 4.42. The lowest BCUT2D eigenvalue weighted by atomic mass is 9.99. The summed E-state index contributed by atoms with van der Waals surface area (Å²) < 4.78 is 10.4. The Morgan fingerprint density at radius 2 is 1.88 bits per heavy atom. The van der Waals surface area contributed by atoms with Crippen LogP contribution in [-0.4, -0.2) is 24.5 Å². The van der Waals surface area contributed by atoms with Crippen LogP contribution in [0.15, 0.2) is 41.0 Å². The summed E-state index contributed by atoms with van der Waals surface area (Å²) in [5.74, 6) is -0.440. The van der Waals surface area contributed by atoms with Crippen LogP contribution in [0.2, 0.25) is 0 Å². The van der Waals surface area contributed by atoms with Crippen LogP contribution in [0.25, 0.3) is 0 Å². The summed E-state index contributed by atoms with van der Waals surface area (Å²) in [5, 5.41) is 0. The first-order valence-corrected chi connectivity index (χ1v) is 8.31. The molecule has 0 bridgehead atoms. The summed E-state index contributed by atoms with van der Waals surface area (Å²) in [4.78, 5) is 26.9. The van der Waals surface area contributed by atoms with E-state index in [1.165, 1.54) is 6.26 Å². The number of carbonyl (C=O) groups is 2. The van der Waals surface area contributed by atoms with Crippen molar-refractivity contribution in [3.63, 3.8) is 0 Å². The first-order chi connectivity index (χ1) is 11.7. The van der Waals surface area contributed by atoms with Gasteiger partial charge in [-0.2, -0.15) is 0 Å². The molecule has 2 aromatic rings. The van der Waals surface area contributed by atoms with Crippen LogP contribution in [0.5, 0.6) is 0 Å². The summed E-state index contributed by atoms with van der Waals surface area (Å²) >= 11 is 0. The van der Waals surface area contributed by atoms with Crippen LogP contribution < -0.4 is 4.90 Å². The number of cyclic esters (lactones) is 1. The van der Waals surface area contributed by atoms with Crippen LogP contribution in [0.1, 0.15) is 41.9 Å². The van der Waals surface area contributed by atoms with Gasteiger partial charge in [-0.05, 0) is 36.1 Å². The molecule has 0 radical (unpaired) electrons. The standard InChI is InChI=1S/C19H21NO4/c1-3-13-7-5-8-14(4-2)17(13)20(15-10-12-24-19(15)22)18(21)16-9-6-11-23-16/h5-9,11,15H,3-4,10,12H2,1-2H3. The van der Waals surface area contributed by atoms with E-state index in [4.69, 9.17) is 9.15 Å². The zero-order valence-electron chi connectivity index (χ0n) is 14.0. The fourth-order valence-corrected chi connectivity index (χ4v) is 3.16. The van der Waals surface area contributed by atoms with Gasteiger partial charge in [0, 0.05) is 6.42 Å². The van der Waals surface area contributed by atoms with Gasteiger partial charge in [-0.1, -0.05) is 32.0 Å². The van der Waals surface area contributed by atoms with Crippen molar-refractivity contribution in [3.8, 4) is 0 Å². The van der Waals surface area contributed by atoms with Crippen molar-refractivity contribution in [3.05, 3.63) is 53.5 Å². The minimum absolute atomic E-state index is 0.225. The smallest absolute Gasteiger partial charge is 0.329 e. The zero-order chi connectivity index (χ0) is 17.1. The van der Waals surface area contributed by atoms with Gasteiger partial charge in [0.05, 0.1) is 18.6 Å². The first-order valence-electron chi connectivity index (χ1n) is 8.31. The molecule has 5 nitrogen and oxygen atoms in total. The molecule has 0 spiro atoms. The van der Waals surface area contributed by atoms with Crippen molar-refractivity contribution in [2.24, 2.45) is 0 Å². The second kappa shape index (κ2) is 6.91. The minimum atomic E-state index is -0.611. The Balaban J connectivity index is 2.15. The average molecular weight is 327 g/mol. The Kier molecular flexibility index (Phi) is 4.69. The van der Waals surface area contributed by atoms with Crippen molar-refractivity contribution >= 4 is 17.6 Å². The van der Waals surface area contributed by atoms with E-state index in [-0.39, 0.29) is 17.6 Å². The molecule has 1 atom stereocenters. The summed E-state index contributed by atoms with van der Waals surface area (Å²) in [6, 6.07) is 8.67. The summed E-state index contributed by atoms with van der Waals surface area (Å²) in [7, 11) is 0. The monoisotopic (exact) mass is 327 g/mol. The van der Waals surface area contributed by atoms with Gasteiger partial charge in [-0.15, -0.1) is 0 Å². The number of para-hydroxylation sites is 1. The van der Waals surface area contributed by atoms with Gasteiger partial charge in [0.15, 0.2) is 5.76 Å². The summed E-state index contributed by atoms with van der Waals surface area (Å²) in [5.41, 5.74) is 2.88. The normalized spacial score (nSPS) is 16.9. The predicted octanol–water partition coefficient (Wildman–Crippen LogP) is 3.37. The third-order valence-corrected chi connectivity index (χ3v) is 4.38. The maximum absolute atomic E-state index is 13.1. The van der Waals surface area contributed by atoms with Crippen LogP contribution in [0.3, 0.4) is 0 Å². The molecule has 0 saturated carbocycles. The Hall–Kier alpha value is -2.56. The van der Waals surface area contributed by atoms with E-state index in [0.717, 1.165) is 29.7 Å². The van der Waals surface area contributed by atoms with E-state index in [2.05, 4.69) is 0 Å². The lowest BCUT2D eigenvalue weighted by Gasteiger charge is -2.30. The summed E-state index contributed by atoms with van der Waals surface area (Å²) in [6.07, 6.45) is 3.50. The highest BCUT2D eigenvalue weighted by atomic mass is 16.5. The van der Waals surface area contributed by atoms with Crippen LogP contribution in [-0.2, 0) is 22.4 Å².